The first-order valence-corrected chi connectivity index (χ1v) is 6.72. The van der Waals surface area contributed by atoms with E-state index in [1.54, 1.807) is 0 Å². The molecular formula is C9H11ClN2O5S. The van der Waals surface area contributed by atoms with Gasteiger partial charge in [0.1, 0.15) is 4.90 Å². The molecule has 0 fully saturated rings. The van der Waals surface area contributed by atoms with Crippen molar-refractivity contribution in [3.05, 3.63) is 33.3 Å². The van der Waals surface area contributed by atoms with Gasteiger partial charge in [0.05, 0.1) is 16.0 Å². The van der Waals surface area contributed by atoms with Crippen LogP contribution in [0, 0.1) is 10.1 Å². The summed E-state index contributed by atoms with van der Waals surface area (Å²) >= 11 is 5.69. The Morgan fingerprint density at radius 3 is 2.61 bits per heavy atom. The van der Waals surface area contributed by atoms with Gasteiger partial charge in [-0.1, -0.05) is 11.6 Å². The highest BCUT2D eigenvalue weighted by molar-refractivity contribution is 7.89. The fraction of sp³-hybridized carbons (Fsp3) is 0.333. The van der Waals surface area contributed by atoms with Crippen LogP contribution in [0.5, 0.6) is 0 Å². The van der Waals surface area contributed by atoms with Crippen LogP contribution in [-0.2, 0) is 10.0 Å². The van der Waals surface area contributed by atoms with E-state index < -0.39 is 21.1 Å². The van der Waals surface area contributed by atoms with Crippen molar-refractivity contribution >= 4 is 27.3 Å². The number of nitro benzene ring substituents is 1. The summed E-state index contributed by atoms with van der Waals surface area (Å²) in [5, 5.41) is 19.2. The first-order valence-electron chi connectivity index (χ1n) is 4.85. The number of halogens is 1. The first kappa shape index (κ1) is 14.8. The summed E-state index contributed by atoms with van der Waals surface area (Å²) in [5.74, 6) is 0. The van der Waals surface area contributed by atoms with E-state index in [1.807, 2.05) is 0 Å². The summed E-state index contributed by atoms with van der Waals surface area (Å²) in [5.41, 5.74) is -0.297. The zero-order valence-electron chi connectivity index (χ0n) is 9.33. The number of non-ortho nitro benzene ring substituents is 1. The highest BCUT2D eigenvalue weighted by Crippen LogP contribution is 2.25. The molecule has 9 heteroatoms. The van der Waals surface area contributed by atoms with E-state index in [9.17, 15) is 18.5 Å². The minimum absolute atomic E-state index is 0.171. The molecule has 0 aliphatic carbocycles. The number of aliphatic hydroxyl groups is 1. The Hall–Kier alpha value is -1.22. The molecule has 0 saturated heterocycles. The van der Waals surface area contributed by atoms with Crippen molar-refractivity contribution in [3.8, 4) is 0 Å². The van der Waals surface area contributed by atoms with Gasteiger partial charge in [-0.15, -0.1) is 0 Å². The van der Waals surface area contributed by atoms with Crippen LogP contribution in [0.2, 0.25) is 5.02 Å². The van der Waals surface area contributed by atoms with E-state index >= 15 is 0 Å². The van der Waals surface area contributed by atoms with E-state index in [1.165, 1.54) is 6.92 Å². The smallest absolute Gasteiger partial charge is 0.271 e. The number of benzene rings is 1. The van der Waals surface area contributed by atoms with Crippen molar-refractivity contribution in [2.75, 3.05) is 6.54 Å². The molecule has 18 heavy (non-hydrogen) atoms. The fourth-order valence-corrected chi connectivity index (χ4v) is 2.79. The zero-order chi connectivity index (χ0) is 13.9. The number of nitrogens with one attached hydrogen (secondary N) is 1. The molecule has 0 aromatic heterocycles. The molecule has 1 aromatic rings. The number of rotatable bonds is 5. The molecule has 1 aromatic carbocycles. The number of sulfonamides is 1. The first-order chi connectivity index (χ1) is 8.24. The summed E-state index contributed by atoms with van der Waals surface area (Å²) < 4.78 is 25.7. The predicted molar refractivity (Wildman–Crippen MR) is 65.0 cm³/mol. The molecule has 0 aliphatic heterocycles. The van der Waals surface area contributed by atoms with Crippen LogP contribution in [-0.4, -0.2) is 31.1 Å². The number of aliphatic hydroxyl groups excluding tert-OH is 1. The molecule has 2 N–H and O–H groups in total. The second-order valence-corrected chi connectivity index (χ2v) is 5.72. The van der Waals surface area contributed by atoms with Crippen LogP contribution in [0.3, 0.4) is 0 Å². The van der Waals surface area contributed by atoms with Gasteiger partial charge in [0.2, 0.25) is 10.0 Å². The number of hydrogen-bond donors (Lipinski definition) is 2. The van der Waals surface area contributed by atoms with Crippen LogP contribution >= 0.6 is 11.6 Å². The topological polar surface area (TPSA) is 110 Å². The molecule has 100 valence electrons. The molecule has 7 nitrogen and oxygen atoms in total. The van der Waals surface area contributed by atoms with Crippen molar-refractivity contribution in [2.45, 2.75) is 17.9 Å². The van der Waals surface area contributed by atoms with Crippen molar-refractivity contribution in [2.24, 2.45) is 0 Å². The Kier molecular flexibility index (Phi) is 4.63. The quantitative estimate of drug-likeness (QED) is 0.619. The van der Waals surface area contributed by atoms with Gasteiger partial charge in [-0.2, -0.15) is 0 Å². The number of nitrogens with zero attached hydrogens (tertiary/aromatic N) is 1. The third kappa shape index (κ3) is 3.64. The van der Waals surface area contributed by atoms with Gasteiger partial charge < -0.3 is 5.11 Å². The lowest BCUT2D eigenvalue weighted by Gasteiger charge is -2.09. The summed E-state index contributed by atoms with van der Waals surface area (Å²) in [6.45, 7) is 1.25. The maximum Gasteiger partial charge on any atom is 0.271 e. The van der Waals surface area contributed by atoms with Gasteiger partial charge in [0.25, 0.3) is 5.69 Å². The van der Waals surface area contributed by atoms with Crippen molar-refractivity contribution in [1.82, 2.24) is 4.72 Å². The highest BCUT2D eigenvalue weighted by atomic mass is 35.5. The average Bonchev–Trinajstić information content (AvgIpc) is 2.26. The van der Waals surface area contributed by atoms with E-state index in [-0.39, 0.29) is 22.2 Å². The molecular weight excluding hydrogens is 284 g/mol. The van der Waals surface area contributed by atoms with Crippen molar-refractivity contribution in [3.63, 3.8) is 0 Å². The number of nitro groups is 1. The predicted octanol–water partition coefficient (Wildman–Crippen LogP) is 0.907. The van der Waals surface area contributed by atoms with Gasteiger partial charge in [-0.3, -0.25) is 10.1 Å². The van der Waals surface area contributed by atoms with Gasteiger partial charge >= 0.3 is 0 Å². The van der Waals surface area contributed by atoms with Crippen LogP contribution < -0.4 is 4.72 Å². The minimum atomic E-state index is -3.89. The Morgan fingerprint density at radius 1 is 1.56 bits per heavy atom. The van der Waals surface area contributed by atoms with Gasteiger partial charge in [0, 0.05) is 18.7 Å². The molecule has 0 aliphatic rings. The lowest BCUT2D eigenvalue weighted by atomic mass is 10.3. The summed E-state index contributed by atoms with van der Waals surface area (Å²) in [4.78, 5) is 9.53. The van der Waals surface area contributed by atoms with Crippen LogP contribution in [0.25, 0.3) is 0 Å². The van der Waals surface area contributed by atoms with E-state index in [0.29, 0.717) is 0 Å². The highest BCUT2D eigenvalue weighted by Gasteiger charge is 2.20. The molecule has 1 rings (SSSR count). The zero-order valence-corrected chi connectivity index (χ0v) is 10.9. The Labute approximate surface area is 109 Å². The fourth-order valence-electron chi connectivity index (χ4n) is 1.13. The lowest BCUT2D eigenvalue weighted by molar-refractivity contribution is -0.384. The second-order valence-electron chi connectivity index (χ2n) is 3.57. The lowest BCUT2D eigenvalue weighted by Crippen LogP contribution is -2.30. The normalized spacial score (nSPS) is 13.3. The molecule has 0 radical (unpaired) electrons. The largest absolute Gasteiger partial charge is 0.392 e. The van der Waals surface area contributed by atoms with E-state index in [0.717, 1.165) is 18.2 Å². The van der Waals surface area contributed by atoms with E-state index in [4.69, 9.17) is 16.7 Å². The summed E-state index contributed by atoms with van der Waals surface area (Å²) in [6.07, 6.45) is -0.850. The van der Waals surface area contributed by atoms with Crippen LogP contribution in [0.15, 0.2) is 23.1 Å². The van der Waals surface area contributed by atoms with Crippen LogP contribution in [0.1, 0.15) is 6.92 Å². The molecule has 1 atom stereocenters. The van der Waals surface area contributed by atoms with Crippen molar-refractivity contribution in [1.29, 1.82) is 0 Å². The monoisotopic (exact) mass is 294 g/mol. The van der Waals surface area contributed by atoms with Crippen LogP contribution in [0.4, 0.5) is 5.69 Å². The molecule has 0 amide bonds. The summed E-state index contributed by atoms with van der Waals surface area (Å²) in [6, 6.07) is 3.05. The average molecular weight is 295 g/mol. The minimum Gasteiger partial charge on any atom is -0.392 e. The molecule has 0 heterocycles. The molecule has 1 unspecified atom stereocenters. The Balaban J connectivity index is 3.06. The SMILES string of the molecule is CC(O)CNS(=O)(=O)c1ccc([N+](=O)[O-])cc1Cl. The van der Waals surface area contributed by atoms with E-state index in [2.05, 4.69) is 4.72 Å². The third-order valence-electron chi connectivity index (χ3n) is 1.98. The Morgan fingerprint density at radius 2 is 2.17 bits per heavy atom. The molecule has 0 saturated carbocycles. The molecule has 0 spiro atoms. The standard InChI is InChI=1S/C9H11ClN2O5S/c1-6(13)5-11-18(16,17)9-3-2-7(12(14)15)4-8(9)10/h2-4,6,11,13H,5H2,1H3. The summed E-state index contributed by atoms with van der Waals surface area (Å²) in [7, 11) is -3.89. The number of hydrogen-bond acceptors (Lipinski definition) is 5. The van der Waals surface area contributed by atoms with Gasteiger partial charge in [-0.25, -0.2) is 13.1 Å². The van der Waals surface area contributed by atoms with Gasteiger partial charge in [0.15, 0.2) is 0 Å². The van der Waals surface area contributed by atoms with Crippen molar-refractivity contribution < 1.29 is 18.4 Å². The molecule has 0 bridgehead atoms. The maximum atomic E-state index is 11.8. The third-order valence-corrected chi connectivity index (χ3v) is 3.89. The maximum absolute atomic E-state index is 11.8. The second kappa shape index (κ2) is 5.61. The Bertz CT molecular complexity index is 558. The van der Waals surface area contributed by atoms with Gasteiger partial charge in [-0.05, 0) is 13.0 Å².